The minimum atomic E-state index is -0.724. The van der Waals surface area contributed by atoms with Crippen molar-refractivity contribution in [2.75, 3.05) is 0 Å². The number of esters is 1. The van der Waals surface area contributed by atoms with Gasteiger partial charge in [-0.3, -0.25) is 19.0 Å². The highest BCUT2D eigenvalue weighted by atomic mass is 16.5. The molecule has 0 saturated heterocycles. The largest absolute Gasteiger partial charge is 0.455 e. The first-order valence-corrected chi connectivity index (χ1v) is 11.5. The lowest BCUT2D eigenvalue weighted by Gasteiger charge is -2.56. The molecule has 2 aromatic rings. The summed E-state index contributed by atoms with van der Waals surface area (Å²) in [5.41, 5.74) is 1.18. The van der Waals surface area contributed by atoms with Crippen molar-refractivity contribution in [3.8, 4) is 0 Å². The van der Waals surface area contributed by atoms with Gasteiger partial charge in [-0.1, -0.05) is 12.1 Å². The fraction of sp³-hybridized carbons (Fsp3) is 0.600. The second-order valence-electron chi connectivity index (χ2n) is 10.2. The number of benzene rings is 1. The zero-order valence-electron chi connectivity index (χ0n) is 18.3. The number of Topliss-reactive ketones (excluding diaryl/α,β-unsaturated/α-hetero) is 1. The summed E-state index contributed by atoms with van der Waals surface area (Å²) >= 11 is 0. The summed E-state index contributed by atoms with van der Waals surface area (Å²) in [4.78, 5) is 42.8. The minimum absolute atomic E-state index is 0.0391. The van der Waals surface area contributed by atoms with E-state index in [-0.39, 0.29) is 29.7 Å². The average Bonchev–Trinajstić information content (AvgIpc) is 2.72. The molecule has 6 rings (SSSR count). The number of ketones is 1. The van der Waals surface area contributed by atoms with E-state index < -0.39 is 12.1 Å². The summed E-state index contributed by atoms with van der Waals surface area (Å²) in [7, 11) is 0. The summed E-state index contributed by atoms with van der Waals surface area (Å²) < 4.78 is 6.98. The number of hydrogen-bond acceptors (Lipinski definition) is 5. The molecule has 1 heterocycles. The van der Waals surface area contributed by atoms with E-state index in [9.17, 15) is 14.4 Å². The van der Waals surface area contributed by atoms with Gasteiger partial charge in [0.1, 0.15) is 0 Å². The fourth-order valence-electron chi connectivity index (χ4n) is 6.86. The van der Waals surface area contributed by atoms with Crippen molar-refractivity contribution >= 4 is 22.7 Å². The standard InChI is InChI=1S/C25H30N2O4/c1-15-4-3-5-20-22(15)26-14-27(24(20)30)7-6-21(28)31-16(2)23(29)25-11-17-8-18(12-25)10-19(9-17)13-25/h3-5,14,16-19H,6-13H2,1-2H3. The predicted molar refractivity (Wildman–Crippen MR) is 117 cm³/mol. The van der Waals surface area contributed by atoms with Gasteiger partial charge in [0, 0.05) is 12.0 Å². The molecule has 4 aliphatic rings. The Kier molecular flexibility index (Phi) is 4.98. The van der Waals surface area contributed by atoms with E-state index >= 15 is 0 Å². The van der Waals surface area contributed by atoms with Gasteiger partial charge in [-0.25, -0.2) is 4.98 Å². The Bertz CT molecular complexity index is 1070. The smallest absolute Gasteiger partial charge is 0.308 e. The lowest BCUT2D eigenvalue weighted by atomic mass is 9.48. The molecule has 0 N–H and O–H groups in total. The first-order chi connectivity index (χ1) is 14.8. The van der Waals surface area contributed by atoms with Crippen molar-refractivity contribution in [2.45, 2.75) is 71.4 Å². The Morgan fingerprint density at radius 3 is 2.45 bits per heavy atom. The molecular weight excluding hydrogens is 392 g/mol. The summed E-state index contributed by atoms with van der Waals surface area (Å²) in [6.45, 7) is 3.82. The summed E-state index contributed by atoms with van der Waals surface area (Å²) in [5, 5.41) is 0.543. The quantitative estimate of drug-likeness (QED) is 0.662. The SMILES string of the molecule is Cc1cccc2c(=O)n(CCC(=O)OC(C)C(=O)C34CC5CC(CC(C5)C3)C4)cnc12. The van der Waals surface area contributed by atoms with Crippen LogP contribution in [-0.4, -0.2) is 27.4 Å². The lowest BCUT2D eigenvalue weighted by molar-refractivity contribution is -0.165. The fourth-order valence-corrected chi connectivity index (χ4v) is 6.86. The van der Waals surface area contributed by atoms with Crippen LogP contribution in [0.4, 0.5) is 0 Å². The first kappa shape index (κ1) is 20.4. The van der Waals surface area contributed by atoms with Gasteiger partial charge < -0.3 is 4.74 Å². The maximum absolute atomic E-state index is 13.3. The van der Waals surface area contributed by atoms with Crippen LogP contribution in [0.3, 0.4) is 0 Å². The molecular formula is C25H30N2O4. The molecule has 4 aliphatic carbocycles. The third-order valence-corrected chi connectivity index (χ3v) is 7.85. The van der Waals surface area contributed by atoms with E-state index in [0.717, 1.165) is 24.8 Å². The number of para-hydroxylation sites is 1. The highest BCUT2D eigenvalue weighted by molar-refractivity contribution is 5.90. The monoisotopic (exact) mass is 422 g/mol. The second kappa shape index (κ2) is 7.57. The van der Waals surface area contributed by atoms with Gasteiger partial charge in [0.05, 0.1) is 23.7 Å². The minimum Gasteiger partial charge on any atom is -0.455 e. The zero-order valence-corrected chi connectivity index (χ0v) is 18.3. The van der Waals surface area contributed by atoms with E-state index in [1.807, 2.05) is 19.1 Å². The number of rotatable bonds is 6. The topological polar surface area (TPSA) is 78.3 Å². The zero-order chi connectivity index (χ0) is 21.8. The summed E-state index contributed by atoms with van der Waals surface area (Å²) in [6, 6.07) is 5.49. The van der Waals surface area contributed by atoms with Crippen molar-refractivity contribution < 1.29 is 14.3 Å². The Balaban J connectivity index is 1.22. The van der Waals surface area contributed by atoms with Crippen molar-refractivity contribution in [3.63, 3.8) is 0 Å². The Hall–Kier alpha value is -2.50. The second-order valence-corrected chi connectivity index (χ2v) is 10.2. The molecule has 0 spiro atoms. The van der Waals surface area contributed by atoms with Crippen LogP contribution in [-0.2, 0) is 20.9 Å². The van der Waals surface area contributed by atoms with Crippen molar-refractivity contribution in [2.24, 2.45) is 23.2 Å². The number of aryl methyl sites for hydroxylation is 2. The van der Waals surface area contributed by atoms with Gasteiger partial charge in [-0.05, 0) is 81.8 Å². The van der Waals surface area contributed by atoms with E-state index in [2.05, 4.69) is 4.98 Å². The molecule has 4 fully saturated rings. The normalized spacial score (nSPS) is 29.8. The number of carbonyl (C=O) groups is 2. The summed E-state index contributed by atoms with van der Waals surface area (Å²) in [5.74, 6) is 1.69. The van der Waals surface area contributed by atoms with Gasteiger partial charge in [0.15, 0.2) is 11.9 Å². The van der Waals surface area contributed by atoms with Crippen molar-refractivity contribution in [1.82, 2.24) is 9.55 Å². The lowest BCUT2D eigenvalue weighted by Crippen LogP contribution is -2.52. The van der Waals surface area contributed by atoms with Gasteiger partial charge in [0.25, 0.3) is 5.56 Å². The van der Waals surface area contributed by atoms with Crippen LogP contribution < -0.4 is 5.56 Å². The van der Waals surface area contributed by atoms with Gasteiger partial charge in [0.2, 0.25) is 0 Å². The molecule has 1 atom stereocenters. The van der Waals surface area contributed by atoms with Crippen LogP contribution in [0, 0.1) is 30.1 Å². The van der Waals surface area contributed by atoms with Crippen LogP contribution in [0.25, 0.3) is 10.9 Å². The van der Waals surface area contributed by atoms with E-state index in [1.165, 1.54) is 30.2 Å². The highest BCUT2D eigenvalue weighted by Crippen LogP contribution is 2.60. The van der Waals surface area contributed by atoms with Crippen LogP contribution in [0.1, 0.15) is 57.4 Å². The molecule has 6 nitrogen and oxygen atoms in total. The maximum atomic E-state index is 13.3. The number of aromatic nitrogens is 2. The molecule has 4 saturated carbocycles. The van der Waals surface area contributed by atoms with E-state index in [0.29, 0.717) is 28.7 Å². The molecule has 1 aromatic heterocycles. The Morgan fingerprint density at radius 2 is 1.81 bits per heavy atom. The predicted octanol–water partition coefficient (Wildman–Crippen LogP) is 3.81. The van der Waals surface area contributed by atoms with Crippen LogP contribution in [0.15, 0.2) is 29.3 Å². The maximum Gasteiger partial charge on any atom is 0.308 e. The van der Waals surface area contributed by atoms with E-state index in [4.69, 9.17) is 4.74 Å². The molecule has 31 heavy (non-hydrogen) atoms. The summed E-state index contributed by atoms with van der Waals surface area (Å²) in [6.07, 6.45) is 7.52. The Morgan fingerprint density at radius 1 is 1.16 bits per heavy atom. The number of nitrogens with zero attached hydrogens (tertiary/aromatic N) is 2. The van der Waals surface area contributed by atoms with Crippen LogP contribution in [0.2, 0.25) is 0 Å². The molecule has 6 heteroatoms. The van der Waals surface area contributed by atoms with Crippen LogP contribution in [0.5, 0.6) is 0 Å². The van der Waals surface area contributed by atoms with Gasteiger partial charge in [-0.15, -0.1) is 0 Å². The van der Waals surface area contributed by atoms with Crippen molar-refractivity contribution in [1.29, 1.82) is 0 Å². The number of hydrogen-bond donors (Lipinski definition) is 0. The molecule has 0 radical (unpaired) electrons. The third kappa shape index (κ3) is 3.60. The number of fused-ring (bicyclic) bond motifs is 1. The van der Waals surface area contributed by atoms with Gasteiger partial charge in [-0.2, -0.15) is 0 Å². The average molecular weight is 423 g/mol. The Labute approximate surface area is 182 Å². The first-order valence-electron chi connectivity index (χ1n) is 11.5. The molecule has 1 aromatic carbocycles. The molecule has 0 amide bonds. The number of ether oxygens (including phenoxy) is 1. The van der Waals surface area contributed by atoms with Crippen LogP contribution >= 0.6 is 0 Å². The third-order valence-electron chi connectivity index (χ3n) is 7.85. The number of carbonyl (C=O) groups excluding carboxylic acids is 2. The molecule has 0 aliphatic heterocycles. The van der Waals surface area contributed by atoms with E-state index in [1.54, 1.807) is 13.0 Å². The molecule has 1 unspecified atom stereocenters. The molecule has 4 bridgehead atoms. The van der Waals surface area contributed by atoms with Crippen molar-refractivity contribution in [3.05, 3.63) is 40.4 Å². The molecule has 164 valence electrons. The van der Waals surface area contributed by atoms with Gasteiger partial charge >= 0.3 is 5.97 Å². The highest BCUT2D eigenvalue weighted by Gasteiger charge is 2.55.